The summed E-state index contributed by atoms with van der Waals surface area (Å²) < 4.78 is 48.0. The molecule has 0 N–H and O–H groups in total. The van der Waals surface area contributed by atoms with Crippen molar-refractivity contribution in [1.82, 2.24) is 4.31 Å². The van der Waals surface area contributed by atoms with Crippen molar-refractivity contribution in [2.24, 2.45) is 0 Å². The average Bonchev–Trinajstić information content (AvgIpc) is 2.72. The van der Waals surface area contributed by atoms with Crippen LogP contribution >= 0.6 is 0 Å². The van der Waals surface area contributed by atoms with Crippen LogP contribution in [0.15, 0.2) is 47.4 Å². The Morgan fingerprint density at radius 1 is 1.03 bits per heavy atom. The van der Waals surface area contributed by atoms with Crippen LogP contribution in [0.3, 0.4) is 0 Å². The topological polar surface area (TPSA) is 70.2 Å². The van der Waals surface area contributed by atoms with Gasteiger partial charge in [0.2, 0.25) is 15.9 Å². The van der Waals surface area contributed by atoms with Crippen LogP contribution < -0.4 is 14.5 Å². The summed E-state index contributed by atoms with van der Waals surface area (Å²) in [5, 5.41) is 0. The summed E-state index contributed by atoms with van der Waals surface area (Å²) in [6.45, 7) is 6.82. The number of amides is 1. The summed E-state index contributed by atoms with van der Waals surface area (Å²) in [5.74, 6) is -0.0128. The zero-order valence-corrected chi connectivity index (χ0v) is 18.7. The van der Waals surface area contributed by atoms with Crippen LogP contribution in [0, 0.1) is 5.82 Å². The molecule has 7 nitrogen and oxygen atoms in total. The fourth-order valence-corrected chi connectivity index (χ4v) is 5.50. The van der Waals surface area contributed by atoms with Crippen molar-refractivity contribution >= 4 is 27.3 Å². The third-order valence-electron chi connectivity index (χ3n) is 5.60. The minimum atomic E-state index is -3.77. The first-order valence-electron chi connectivity index (χ1n) is 10.2. The molecule has 0 aromatic heterocycles. The van der Waals surface area contributed by atoms with Gasteiger partial charge in [-0.3, -0.25) is 4.79 Å². The van der Waals surface area contributed by atoms with E-state index in [1.807, 2.05) is 18.7 Å². The van der Waals surface area contributed by atoms with Crippen molar-refractivity contribution in [2.45, 2.75) is 31.3 Å². The Bertz CT molecular complexity index is 1110. The SMILES string of the molecule is CC(=O)N1CC(C)(C)Oc2ccc(S(=O)(=O)N3CCN(c4ccccc4F)CC3)cc21. The number of para-hydroxylation sites is 1. The van der Waals surface area contributed by atoms with Crippen LogP contribution in [-0.2, 0) is 14.8 Å². The zero-order valence-electron chi connectivity index (χ0n) is 17.8. The third-order valence-corrected chi connectivity index (χ3v) is 7.49. The molecule has 2 aromatic rings. The van der Waals surface area contributed by atoms with E-state index in [1.54, 1.807) is 29.2 Å². The standard InChI is InChI=1S/C22H26FN3O4S/c1-16(27)26-15-22(2,3)30-21-9-8-17(14-20(21)26)31(28,29)25-12-10-24(11-13-25)19-7-5-4-6-18(19)23/h4-9,14H,10-13,15H2,1-3H3. The Kier molecular flexibility index (Phi) is 5.43. The lowest BCUT2D eigenvalue weighted by atomic mass is 10.1. The monoisotopic (exact) mass is 447 g/mol. The molecule has 0 saturated carbocycles. The smallest absolute Gasteiger partial charge is 0.243 e. The molecular formula is C22H26FN3O4S. The van der Waals surface area contributed by atoms with E-state index in [0.717, 1.165) is 0 Å². The molecule has 0 spiro atoms. The maximum atomic E-state index is 14.1. The number of anilines is 2. The minimum Gasteiger partial charge on any atom is -0.484 e. The van der Waals surface area contributed by atoms with E-state index in [9.17, 15) is 17.6 Å². The number of rotatable bonds is 3. The lowest BCUT2D eigenvalue weighted by molar-refractivity contribution is -0.117. The van der Waals surface area contributed by atoms with Gasteiger partial charge in [0.15, 0.2) is 0 Å². The van der Waals surface area contributed by atoms with Crippen LogP contribution in [0.1, 0.15) is 20.8 Å². The molecule has 0 aliphatic carbocycles. The summed E-state index contributed by atoms with van der Waals surface area (Å²) in [5.41, 5.74) is 0.366. The highest BCUT2D eigenvalue weighted by atomic mass is 32.2. The molecule has 4 rings (SSSR count). The van der Waals surface area contributed by atoms with Crippen molar-refractivity contribution in [3.8, 4) is 5.75 Å². The second-order valence-corrected chi connectivity index (χ2v) is 10.4. The summed E-state index contributed by atoms with van der Waals surface area (Å²) >= 11 is 0. The minimum absolute atomic E-state index is 0.111. The lowest BCUT2D eigenvalue weighted by Crippen LogP contribution is -2.49. The van der Waals surface area contributed by atoms with Crippen molar-refractivity contribution in [3.05, 3.63) is 48.3 Å². The second-order valence-electron chi connectivity index (χ2n) is 8.44. The van der Waals surface area contributed by atoms with Crippen molar-refractivity contribution in [1.29, 1.82) is 0 Å². The summed E-state index contributed by atoms with van der Waals surface area (Å²) in [4.78, 5) is 15.7. The highest BCUT2D eigenvalue weighted by molar-refractivity contribution is 7.89. The van der Waals surface area contributed by atoms with Gasteiger partial charge < -0.3 is 14.5 Å². The number of carbonyl (C=O) groups excluding carboxylic acids is 1. The van der Waals surface area contributed by atoms with E-state index in [-0.39, 0.29) is 29.7 Å². The molecule has 9 heteroatoms. The maximum absolute atomic E-state index is 14.1. The number of sulfonamides is 1. The van der Waals surface area contributed by atoms with Gasteiger partial charge in [0.25, 0.3) is 0 Å². The first-order valence-corrected chi connectivity index (χ1v) is 11.6. The zero-order chi connectivity index (χ0) is 22.4. The quantitative estimate of drug-likeness (QED) is 0.724. The number of ether oxygens (including phenoxy) is 1. The molecule has 166 valence electrons. The van der Waals surface area contributed by atoms with Crippen LogP contribution in [0.2, 0.25) is 0 Å². The first kappa shape index (κ1) is 21.6. The Labute approximate surface area is 182 Å². The molecule has 1 fully saturated rings. The number of halogens is 1. The molecule has 0 bridgehead atoms. The van der Waals surface area contributed by atoms with Gasteiger partial charge in [-0.1, -0.05) is 12.1 Å². The van der Waals surface area contributed by atoms with Gasteiger partial charge in [-0.05, 0) is 44.2 Å². The highest BCUT2D eigenvalue weighted by Gasteiger charge is 2.36. The van der Waals surface area contributed by atoms with E-state index in [0.29, 0.717) is 36.8 Å². The van der Waals surface area contributed by atoms with Crippen LogP contribution in [0.25, 0.3) is 0 Å². The Balaban J connectivity index is 1.57. The van der Waals surface area contributed by atoms with Crippen LogP contribution in [0.4, 0.5) is 15.8 Å². The molecule has 2 heterocycles. The molecule has 0 unspecified atom stereocenters. The van der Waals surface area contributed by atoms with Gasteiger partial charge in [0, 0.05) is 33.1 Å². The average molecular weight is 448 g/mol. The van der Waals surface area contributed by atoms with Gasteiger partial charge in [-0.2, -0.15) is 4.31 Å². The van der Waals surface area contributed by atoms with E-state index in [4.69, 9.17) is 4.74 Å². The van der Waals surface area contributed by atoms with Crippen molar-refractivity contribution < 1.29 is 22.3 Å². The maximum Gasteiger partial charge on any atom is 0.243 e. The summed E-state index contributed by atoms with van der Waals surface area (Å²) in [6.07, 6.45) is 0. The number of piperazine rings is 1. The van der Waals surface area contributed by atoms with E-state index in [2.05, 4.69) is 0 Å². The Morgan fingerprint density at radius 3 is 2.35 bits per heavy atom. The molecule has 1 saturated heterocycles. The van der Waals surface area contributed by atoms with Gasteiger partial charge in [-0.25, -0.2) is 12.8 Å². The molecule has 2 aliphatic rings. The molecule has 2 aliphatic heterocycles. The van der Waals surface area contributed by atoms with Gasteiger partial charge in [0.05, 0.1) is 22.8 Å². The van der Waals surface area contributed by atoms with Gasteiger partial charge >= 0.3 is 0 Å². The van der Waals surface area contributed by atoms with Crippen molar-refractivity contribution in [3.63, 3.8) is 0 Å². The normalized spacial score (nSPS) is 19.0. The first-order chi connectivity index (χ1) is 14.6. The molecule has 0 atom stereocenters. The lowest BCUT2D eigenvalue weighted by Gasteiger charge is -2.39. The number of benzene rings is 2. The number of hydrogen-bond acceptors (Lipinski definition) is 5. The fourth-order valence-electron chi connectivity index (χ4n) is 4.06. The number of fused-ring (bicyclic) bond motifs is 1. The number of carbonyl (C=O) groups is 1. The Hall–Kier alpha value is -2.65. The molecule has 31 heavy (non-hydrogen) atoms. The van der Waals surface area contributed by atoms with E-state index < -0.39 is 15.6 Å². The van der Waals surface area contributed by atoms with Gasteiger partial charge in [-0.15, -0.1) is 0 Å². The molecule has 1 amide bonds. The van der Waals surface area contributed by atoms with Crippen LogP contribution in [0.5, 0.6) is 5.75 Å². The fraction of sp³-hybridized carbons (Fsp3) is 0.409. The van der Waals surface area contributed by atoms with Gasteiger partial charge in [0.1, 0.15) is 17.2 Å². The van der Waals surface area contributed by atoms with E-state index >= 15 is 0 Å². The number of hydrogen-bond donors (Lipinski definition) is 0. The van der Waals surface area contributed by atoms with E-state index in [1.165, 1.54) is 29.4 Å². The third kappa shape index (κ3) is 4.12. The summed E-state index contributed by atoms with van der Waals surface area (Å²) in [7, 11) is -3.77. The molecular weight excluding hydrogens is 421 g/mol. The predicted molar refractivity (Wildman–Crippen MR) is 117 cm³/mol. The number of nitrogens with zero attached hydrogens (tertiary/aromatic N) is 3. The largest absolute Gasteiger partial charge is 0.484 e. The molecule has 2 aromatic carbocycles. The molecule has 0 radical (unpaired) electrons. The highest BCUT2D eigenvalue weighted by Crippen LogP contribution is 2.39. The van der Waals surface area contributed by atoms with Crippen LogP contribution in [-0.4, -0.2) is 57.0 Å². The van der Waals surface area contributed by atoms with Crippen molar-refractivity contribution in [2.75, 3.05) is 42.5 Å². The Morgan fingerprint density at radius 2 is 1.71 bits per heavy atom. The predicted octanol–water partition coefficient (Wildman–Crippen LogP) is 2.86. The summed E-state index contributed by atoms with van der Waals surface area (Å²) in [6, 6.07) is 11.1. The second kappa shape index (κ2) is 7.80.